The summed E-state index contributed by atoms with van der Waals surface area (Å²) in [6, 6.07) is 7.77. The maximum absolute atomic E-state index is 15.0. The second-order valence-electron chi connectivity index (χ2n) is 7.32. The lowest BCUT2D eigenvalue weighted by molar-refractivity contribution is 0.328. The Morgan fingerprint density at radius 2 is 1.87 bits per heavy atom. The van der Waals surface area contributed by atoms with Crippen LogP contribution in [0.15, 0.2) is 36.4 Å². The molecule has 6 nitrogen and oxygen atoms in total. The van der Waals surface area contributed by atoms with Gasteiger partial charge in [0.2, 0.25) is 10.0 Å². The second-order valence-corrected chi connectivity index (χ2v) is 9.07. The van der Waals surface area contributed by atoms with Gasteiger partial charge in [-0.15, -0.1) is 24.8 Å². The molecule has 2 aromatic carbocycles. The summed E-state index contributed by atoms with van der Waals surface area (Å²) in [5.74, 6) is -1.77. The van der Waals surface area contributed by atoms with Crippen molar-refractivity contribution in [1.82, 2.24) is 5.32 Å². The van der Waals surface area contributed by atoms with Crippen molar-refractivity contribution in [2.24, 2.45) is 11.7 Å². The zero-order chi connectivity index (χ0) is 21.0. The van der Waals surface area contributed by atoms with Crippen LogP contribution in [0.25, 0.3) is 0 Å². The first-order chi connectivity index (χ1) is 13.7. The molecule has 0 aromatic heterocycles. The van der Waals surface area contributed by atoms with Crippen molar-refractivity contribution < 1.29 is 21.9 Å². The van der Waals surface area contributed by atoms with Gasteiger partial charge in [0, 0.05) is 17.7 Å². The lowest BCUT2D eigenvalue weighted by atomic mass is 9.88. The molecule has 3 rings (SSSR count). The van der Waals surface area contributed by atoms with Gasteiger partial charge in [-0.05, 0) is 56.5 Å². The average molecular weight is 498 g/mol. The molecule has 1 fully saturated rings. The number of nitrogens with one attached hydrogen (secondary N) is 2. The maximum Gasteiger partial charge on any atom is 0.229 e. The summed E-state index contributed by atoms with van der Waals surface area (Å²) in [5, 5.41) is 3.27. The van der Waals surface area contributed by atoms with Crippen LogP contribution in [0.1, 0.15) is 30.9 Å². The molecule has 4 N–H and O–H groups in total. The van der Waals surface area contributed by atoms with Gasteiger partial charge in [-0.25, -0.2) is 17.2 Å². The Morgan fingerprint density at radius 1 is 1.19 bits per heavy atom. The van der Waals surface area contributed by atoms with Crippen LogP contribution in [0.3, 0.4) is 0 Å². The highest BCUT2D eigenvalue weighted by molar-refractivity contribution is 7.92. The van der Waals surface area contributed by atoms with Crippen molar-refractivity contribution >= 4 is 40.5 Å². The van der Waals surface area contributed by atoms with E-state index in [-0.39, 0.29) is 41.8 Å². The number of piperidine rings is 1. The Kier molecular flexibility index (Phi) is 10.4. The molecule has 31 heavy (non-hydrogen) atoms. The van der Waals surface area contributed by atoms with Gasteiger partial charge in [-0.3, -0.25) is 4.72 Å². The maximum atomic E-state index is 15.0. The van der Waals surface area contributed by atoms with Crippen molar-refractivity contribution in [3.05, 3.63) is 53.6 Å². The summed E-state index contributed by atoms with van der Waals surface area (Å²) in [6.07, 6.45) is 3.56. The molecule has 1 atom stereocenters. The summed E-state index contributed by atoms with van der Waals surface area (Å²) < 4.78 is 59.8. The average Bonchev–Trinajstić information content (AvgIpc) is 2.65. The number of hydrogen-bond acceptors (Lipinski definition) is 5. The van der Waals surface area contributed by atoms with E-state index in [1.807, 2.05) is 0 Å². The van der Waals surface area contributed by atoms with E-state index in [1.54, 1.807) is 0 Å². The molecular formula is C20H27Cl2F2N3O3S. The molecule has 2 aromatic rings. The monoisotopic (exact) mass is 497 g/mol. The van der Waals surface area contributed by atoms with Gasteiger partial charge in [0.05, 0.1) is 11.9 Å². The van der Waals surface area contributed by atoms with Gasteiger partial charge in [0.25, 0.3) is 0 Å². The number of hydrogen-bond donors (Lipinski definition) is 3. The molecule has 1 aliphatic heterocycles. The van der Waals surface area contributed by atoms with E-state index in [0.29, 0.717) is 12.3 Å². The Balaban J connectivity index is 0.00000240. The zero-order valence-electron chi connectivity index (χ0n) is 16.9. The van der Waals surface area contributed by atoms with E-state index in [9.17, 15) is 12.8 Å². The third-order valence-electron chi connectivity index (χ3n) is 4.88. The number of ether oxygens (including phenoxy) is 1. The van der Waals surface area contributed by atoms with Crippen LogP contribution in [-0.4, -0.2) is 27.8 Å². The highest BCUT2D eigenvalue weighted by atomic mass is 35.5. The Morgan fingerprint density at radius 3 is 2.52 bits per heavy atom. The molecule has 0 radical (unpaired) electrons. The molecule has 0 spiro atoms. The number of benzene rings is 2. The first kappa shape index (κ1) is 27.4. The van der Waals surface area contributed by atoms with Crippen LogP contribution in [-0.2, 0) is 10.0 Å². The van der Waals surface area contributed by atoms with Crippen LogP contribution in [0.2, 0.25) is 0 Å². The standard InChI is InChI=1S/C20H25F2N3O3S.2ClH/c1-29(26,27)25-14-3-2-4-15(12-14)28-20-17(21)6-5-16(19(20)22)18(23)11-13-7-9-24-10-8-13;;/h2-6,12-13,18,24-25H,7-11,23H2,1H3;2*1H. The van der Waals surface area contributed by atoms with Crippen molar-refractivity contribution in [2.45, 2.75) is 25.3 Å². The minimum absolute atomic E-state index is 0. The van der Waals surface area contributed by atoms with Gasteiger partial charge in [-0.2, -0.15) is 0 Å². The minimum Gasteiger partial charge on any atom is -0.451 e. The normalized spacial score (nSPS) is 15.4. The van der Waals surface area contributed by atoms with Crippen LogP contribution in [0.4, 0.5) is 14.5 Å². The molecular weight excluding hydrogens is 471 g/mol. The van der Waals surface area contributed by atoms with Crippen LogP contribution in [0.5, 0.6) is 11.5 Å². The van der Waals surface area contributed by atoms with E-state index in [4.69, 9.17) is 10.5 Å². The number of rotatable bonds is 7. The summed E-state index contributed by atoms with van der Waals surface area (Å²) >= 11 is 0. The fraction of sp³-hybridized carbons (Fsp3) is 0.400. The molecule has 0 bridgehead atoms. The number of halogens is 4. The molecule has 0 amide bonds. The summed E-state index contributed by atoms with van der Waals surface area (Å²) in [7, 11) is -3.49. The summed E-state index contributed by atoms with van der Waals surface area (Å²) in [4.78, 5) is 0. The largest absolute Gasteiger partial charge is 0.451 e. The van der Waals surface area contributed by atoms with Gasteiger partial charge in [0.1, 0.15) is 5.75 Å². The first-order valence-electron chi connectivity index (χ1n) is 9.43. The van der Waals surface area contributed by atoms with Crippen LogP contribution < -0.4 is 20.5 Å². The molecule has 1 aliphatic rings. The minimum atomic E-state index is -3.49. The van der Waals surface area contributed by atoms with Gasteiger partial charge >= 0.3 is 0 Å². The van der Waals surface area contributed by atoms with E-state index in [0.717, 1.165) is 38.3 Å². The van der Waals surface area contributed by atoms with E-state index in [1.165, 1.54) is 30.3 Å². The molecule has 174 valence electrons. The Labute approximate surface area is 193 Å². The predicted octanol–water partition coefficient (Wildman–Crippen LogP) is 4.36. The fourth-order valence-corrected chi connectivity index (χ4v) is 4.04. The summed E-state index contributed by atoms with van der Waals surface area (Å²) in [5.41, 5.74) is 6.64. The van der Waals surface area contributed by atoms with Crippen molar-refractivity contribution in [3.63, 3.8) is 0 Å². The highest BCUT2D eigenvalue weighted by Crippen LogP contribution is 2.34. The molecule has 11 heteroatoms. The van der Waals surface area contributed by atoms with Gasteiger partial charge < -0.3 is 15.8 Å². The predicted molar refractivity (Wildman–Crippen MR) is 123 cm³/mol. The fourth-order valence-electron chi connectivity index (χ4n) is 3.49. The second kappa shape index (κ2) is 11.8. The van der Waals surface area contributed by atoms with Gasteiger partial charge in [0.15, 0.2) is 17.4 Å². The zero-order valence-corrected chi connectivity index (χ0v) is 19.4. The quantitative estimate of drug-likeness (QED) is 0.528. The van der Waals surface area contributed by atoms with Crippen molar-refractivity contribution in [3.8, 4) is 11.5 Å². The molecule has 1 saturated heterocycles. The van der Waals surface area contributed by atoms with Crippen LogP contribution in [0, 0.1) is 17.6 Å². The molecule has 0 saturated carbocycles. The number of anilines is 1. The summed E-state index contributed by atoms with van der Waals surface area (Å²) in [6.45, 7) is 1.82. The van der Waals surface area contributed by atoms with Crippen molar-refractivity contribution in [1.29, 1.82) is 0 Å². The third kappa shape index (κ3) is 7.76. The van der Waals surface area contributed by atoms with E-state index in [2.05, 4.69) is 10.0 Å². The van der Waals surface area contributed by atoms with Crippen LogP contribution >= 0.6 is 24.8 Å². The first-order valence-corrected chi connectivity index (χ1v) is 11.3. The van der Waals surface area contributed by atoms with Gasteiger partial charge in [-0.1, -0.05) is 12.1 Å². The molecule has 1 heterocycles. The number of sulfonamides is 1. The lowest BCUT2D eigenvalue weighted by Gasteiger charge is -2.26. The molecule has 1 unspecified atom stereocenters. The molecule has 0 aliphatic carbocycles. The smallest absolute Gasteiger partial charge is 0.229 e. The van der Waals surface area contributed by atoms with E-state index >= 15 is 4.39 Å². The Hall–Kier alpha value is -1.65. The van der Waals surface area contributed by atoms with Crippen molar-refractivity contribution in [2.75, 3.05) is 24.1 Å². The highest BCUT2D eigenvalue weighted by Gasteiger charge is 2.23. The third-order valence-corrected chi connectivity index (χ3v) is 5.49. The topological polar surface area (TPSA) is 93.5 Å². The van der Waals surface area contributed by atoms with E-state index < -0.39 is 33.4 Å². The Bertz CT molecular complexity index is 974. The number of nitrogens with two attached hydrogens (primary N) is 1. The SMILES string of the molecule is CS(=O)(=O)Nc1cccc(Oc2c(F)ccc(C(N)CC3CCNCC3)c2F)c1.Cl.Cl. The lowest BCUT2D eigenvalue weighted by Crippen LogP contribution is -2.29.